The van der Waals surface area contributed by atoms with E-state index in [0.717, 1.165) is 25.7 Å². The monoisotopic (exact) mass is 479 g/mol. The van der Waals surface area contributed by atoms with Crippen molar-refractivity contribution in [2.24, 2.45) is 0 Å². The Morgan fingerprint density at radius 3 is 2.19 bits per heavy atom. The molecule has 4 rings (SSSR count). The smallest absolute Gasteiger partial charge is 0.254 e. The molecule has 9 heteroatoms. The lowest BCUT2D eigenvalue weighted by Gasteiger charge is -2.36. The average molecular weight is 480 g/mol. The molecule has 1 amide bonds. The van der Waals surface area contributed by atoms with E-state index in [4.69, 9.17) is 11.6 Å². The third-order valence-electron chi connectivity index (χ3n) is 6.12. The summed E-state index contributed by atoms with van der Waals surface area (Å²) in [5, 5.41) is 0.121. The molecule has 2 aromatic carbocycles. The van der Waals surface area contributed by atoms with Gasteiger partial charge in [0.05, 0.1) is 10.7 Å². The van der Waals surface area contributed by atoms with E-state index in [1.165, 1.54) is 22.5 Å². The highest BCUT2D eigenvalue weighted by molar-refractivity contribution is 7.89. The van der Waals surface area contributed by atoms with E-state index in [2.05, 4.69) is 0 Å². The second-order valence-corrected chi connectivity index (χ2v) is 10.5. The molecule has 0 aromatic heterocycles. The van der Waals surface area contributed by atoms with Gasteiger partial charge in [0.1, 0.15) is 10.7 Å². The number of sulfonamides is 1. The molecule has 2 aliphatic rings. The predicted octanol–water partition coefficient (Wildman–Crippen LogP) is 4.01. The molecule has 0 aliphatic carbocycles. The highest BCUT2D eigenvalue weighted by Gasteiger charge is 2.29. The van der Waals surface area contributed by atoms with Crippen molar-refractivity contribution in [3.05, 3.63) is 58.9 Å². The number of halogens is 2. The second kappa shape index (κ2) is 9.77. The zero-order valence-corrected chi connectivity index (χ0v) is 19.4. The molecular weight excluding hydrogens is 453 g/mol. The number of hydrogen-bond acceptors (Lipinski definition) is 4. The Balaban J connectivity index is 1.50. The van der Waals surface area contributed by atoms with Crippen LogP contribution >= 0.6 is 11.6 Å². The lowest BCUT2D eigenvalue weighted by molar-refractivity contribution is 0.0746. The molecule has 2 saturated heterocycles. The van der Waals surface area contributed by atoms with Crippen LogP contribution in [0.3, 0.4) is 0 Å². The molecule has 2 aromatic rings. The summed E-state index contributed by atoms with van der Waals surface area (Å²) in [6.07, 6.45) is 3.66. The Hall–Kier alpha value is -2.16. The van der Waals surface area contributed by atoms with Crippen LogP contribution in [0.5, 0.6) is 0 Å². The normalized spacial score (nSPS) is 18.4. The minimum Gasteiger partial charge on any atom is -0.366 e. The number of carbonyl (C=O) groups excluding carboxylic acids is 1. The summed E-state index contributed by atoms with van der Waals surface area (Å²) in [7, 11) is -3.77. The van der Waals surface area contributed by atoms with Gasteiger partial charge < -0.3 is 9.80 Å². The van der Waals surface area contributed by atoms with E-state index in [1.807, 2.05) is 4.90 Å². The van der Waals surface area contributed by atoms with Crippen molar-refractivity contribution in [1.82, 2.24) is 9.21 Å². The Labute approximate surface area is 193 Å². The molecule has 0 N–H and O–H groups in total. The largest absolute Gasteiger partial charge is 0.366 e. The summed E-state index contributed by atoms with van der Waals surface area (Å²) >= 11 is 6.26. The molecule has 172 valence electrons. The van der Waals surface area contributed by atoms with Crippen LogP contribution in [0, 0.1) is 5.82 Å². The minimum absolute atomic E-state index is 0.0168. The first-order chi connectivity index (χ1) is 15.4. The average Bonchev–Trinajstić information content (AvgIpc) is 3.10. The van der Waals surface area contributed by atoms with Crippen molar-refractivity contribution in [3.8, 4) is 0 Å². The minimum atomic E-state index is -3.77. The molecule has 2 aliphatic heterocycles. The second-order valence-electron chi connectivity index (χ2n) is 8.19. The first kappa shape index (κ1) is 23.0. The van der Waals surface area contributed by atoms with Gasteiger partial charge in [0, 0.05) is 44.8 Å². The quantitative estimate of drug-likeness (QED) is 0.665. The number of piperazine rings is 1. The molecule has 0 atom stereocenters. The van der Waals surface area contributed by atoms with Crippen LogP contribution in [0.2, 0.25) is 5.02 Å². The lowest BCUT2D eigenvalue weighted by Crippen LogP contribution is -2.49. The van der Waals surface area contributed by atoms with Crippen LogP contribution < -0.4 is 4.90 Å². The van der Waals surface area contributed by atoms with E-state index in [0.29, 0.717) is 50.5 Å². The fraction of sp³-hybridized carbons (Fsp3) is 0.435. The molecular formula is C23H27ClFN3O3S. The predicted molar refractivity (Wildman–Crippen MR) is 123 cm³/mol. The molecule has 0 unspecified atom stereocenters. The van der Waals surface area contributed by atoms with Crippen molar-refractivity contribution < 1.29 is 17.6 Å². The van der Waals surface area contributed by atoms with Crippen molar-refractivity contribution in [3.63, 3.8) is 0 Å². The van der Waals surface area contributed by atoms with E-state index < -0.39 is 10.0 Å². The molecule has 32 heavy (non-hydrogen) atoms. The standard InChI is InChI=1S/C23H27ClFN3O3S/c24-19-10-9-18(17-22(19)32(30,31)28-11-5-1-2-6-12-28)23(29)27-15-13-26(14-16-27)21-8-4-3-7-20(21)25/h3-4,7-10,17H,1-2,5-6,11-16H2. The first-order valence-electron chi connectivity index (χ1n) is 11.0. The number of para-hydroxylation sites is 1. The molecule has 2 fully saturated rings. The van der Waals surface area contributed by atoms with E-state index in [9.17, 15) is 17.6 Å². The number of carbonyl (C=O) groups is 1. The van der Waals surface area contributed by atoms with Crippen molar-refractivity contribution >= 4 is 33.2 Å². The van der Waals surface area contributed by atoms with Crippen LogP contribution in [0.1, 0.15) is 36.0 Å². The van der Waals surface area contributed by atoms with Gasteiger partial charge in [0.15, 0.2) is 0 Å². The fourth-order valence-electron chi connectivity index (χ4n) is 4.30. The maximum Gasteiger partial charge on any atom is 0.254 e. The number of hydrogen-bond donors (Lipinski definition) is 0. The van der Waals surface area contributed by atoms with Crippen molar-refractivity contribution in [2.75, 3.05) is 44.2 Å². The number of rotatable bonds is 4. The van der Waals surface area contributed by atoms with Crippen LogP contribution in [0.15, 0.2) is 47.4 Å². The number of benzene rings is 2. The molecule has 6 nitrogen and oxygen atoms in total. The maximum absolute atomic E-state index is 14.1. The zero-order chi connectivity index (χ0) is 22.7. The molecule has 2 heterocycles. The van der Waals surface area contributed by atoms with Crippen molar-refractivity contribution in [2.45, 2.75) is 30.6 Å². The molecule has 0 saturated carbocycles. The van der Waals surface area contributed by atoms with E-state index in [-0.39, 0.29) is 21.6 Å². The SMILES string of the molecule is O=C(c1ccc(Cl)c(S(=O)(=O)N2CCCCCC2)c1)N1CCN(c2ccccc2F)CC1. The highest BCUT2D eigenvalue weighted by Crippen LogP contribution is 2.28. The topological polar surface area (TPSA) is 60.9 Å². The summed E-state index contributed by atoms with van der Waals surface area (Å²) in [5.41, 5.74) is 0.819. The fourth-order valence-corrected chi connectivity index (χ4v) is 6.31. The van der Waals surface area contributed by atoms with Gasteiger partial charge in [-0.1, -0.05) is 36.6 Å². The number of nitrogens with zero attached hydrogens (tertiary/aromatic N) is 3. The van der Waals surface area contributed by atoms with Gasteiger partial charge >= 0.3 is 0 Å². The van der Waals surface area contributed by atoms with Crippen LogP contribution in [-0.2, 0) is 10.0 Å². The summed E-state index contributed by atoms with van der Waals surface area (Å²) in [4.78, 5) is 16.7. The Bertz CT molecular complexity index is 1080. The lowest BCUT2D eigenvalue weighted by atomic mass is 10.1. The van der Waals surface area contributed by atoms with Gasteiger partial charge in [0.25, 0.3) is 5.91 Å². The molecule has 0 radical (unpaired) electrons. The van der Waals surface area contributed by atoms with Gasteiger partial charge in [-0.25, -0.2) is 12.8 Å². The Morgan fingerprint density at radius 1 is 0.875 bits per heavy atom. The maximum atomic E-state index is 14.1. The molecule has 0 spiro atoms. The van der Waals surface area contributed by atoms with Crippen LogP contribution in [0.25, 0.3) is 0 Å². The Morgan fingerprint density at radius 2 is 1.53 bits per heavy atom. The van der Waals surface area contributed by atoms with Crippen LogP contribution in [-0.4, -0.2) is 62.8 Å². The van der Waals surface area contributed by atoms with Crippen LogP contribution in [0.4, 0.5) is 10.1 Å². The summed E-state index contributed by atoms with van der Waals surface area (Å²) in [6, 6.07) is 11.0. The third-order valence-corrected chi connectivity index (χ3v) is 8.50. The van der Waals surface area contributed by atoms with E-state index >= 15 is 0 Å². The van der Waals surface area contributed by atoms with Gasteiger partial charge in [-0.05, 0) is 43.2 Å². The van der Waals surface area contributed by atoms with Gasteiger partial charge in [-0.3, -0.25) is 4.79 Å². The molecule has 0 bridgehead atoms. The summed E-state index contributed by atoms with van der Waals surface area (Å²) in [6.45, 7) is 2.77. The number of amides is 1. The third kappa shape index (κ3) is 4.77. The Kier molecular flexibility index (Phi) is 7.02. The van der Waals surface area contributed by atoms with Crippen molar-refractivity contribution in [1.29, 1.82) is 0 Å². The van der Waals surface area contributed by atoms with Gasteiger partial charge in [-0.15, -0.1) is 0 Å². The highest BCUT2D eigenvalue weighted by atomic mass is 35.5. The zero-order valence-electron chi connectivity index (χ0n) is 17.8. The summed E-state index contributed by atoms with van der Waals surface area (Å²) < 4.78 is 42.0. The first-order valence-corrected chi connectivity index (χ1v) is 12.8. The van der Waals surface area contributed by atoms with Gasteiger partial charge in [-0.2, -0.15) is 4.31 Å². The van der Waals surface area contributed by atoms with E-state index in [1.54, 1.807) is 29.2 Å². The summed E-state index contributed by atoms with van der Waals surface area (Å²) in [5.74, 6) is -0.532. The number of anilines is 1. The van der Waals surface area contributed by atoms with Gasteiger partial charge in [0.2, 0.25) is 10.0 Å².